The molecule has 5 heteroatoms. The Bertz CT molecular complexity index is 7830. The molecule has 22 aromatic rings. The van der Waals surface area contributed by atoms with Gasteiger partial charge in [0.2, 0.25) is 0 Å². The van der Waals surface area contributed by atoms with Gasteiger partial charge in [0.1, 0.15) is 0 Å². The Morgan fingerprint density at radius 1 is 0.205 bits per heavy atom. The lowest BCUT2D eigenvalue weighted by atomic mass is 9.33. The van der Waals surface area contributed by atoms with Crippen LogP contribution >= 0.6 is 0 Å². The highest BCUT2D eigenvalue weighted by molar-refractivity contribution is 7.00. The predicted octanol–water partition coefficient (Wildman–Crippen LogP) is 31.5. The molecule has 0 radical (unpaired) electrons. The Balaban J connectivity index is 0.885. The van der Waals surface area contributed by atoms with Gasteiger partial charge >= 0.3 is 0 Å². The monoisotopic (exact) mass is 1620 g/mol. The molecular formula is C122H93BN4. The molecule has 4 nitrogen and oxygen atoms in total. The smallest absolute Gasteiger partial charge is 0.252 e. The third-order valence-corrected chi connectivity index (χ3v) is 27.6. The van der Waals surface area contributed by atoms with Crippen molar-refractivity contribution in [3.8, 4) is 100 Å². The van der Waals surface area contributed by atoms with Crippen molar-refractivity contribution in [3.05, 3.63) is 417 Å². The third-order valence-electron chi connectivity index (χ3n) is 27.6. The van der Waals surface area contributed by atoms with Gasteiger partial charge in [0, 0.05) is 77.9 Å². The fourth-order valence-electron chi connectivity index (χ4n) is 21.3. The number of hydrogen-bond donors (Lipinski definition) is 0. The van der Waals surface area contributed by atoms with Gasteiger partial charge < -0.3 is 18.9 Å². The summed E-state index contributed by atoms with van der Waals surface area (Å²) in [6, 6.07) is 153. The van der Waals surface area contributed by atoms with Gasteiger partial charge in [-0.2, -0.15) is 0 Å². The molecule has 0 atom stereocenters. The van der Waals surface area contributed by atoms with Crippen LogP contribution in [0.4, 0.5) is 34.1 Å². The van der Waals surface area contributed by atoms with E-state index < -0.39 is 5.41 Å². The van der Waals surface area contributed by atoms with Crippen molar-refractivity contribution in [2.24, 2.45) is 0 Å². The highest BCUT2D eigenvalue weighted by Crippen LogP contribution is 2.58. The van der Waals surface area contributed by atoms with Gasteiger partial charge in [-0.25, -0.2) is 0 Å². The molecule has 0 spiro atoms. The first kappa shape index (κ1) is 75.7. The highest BCUT2D eigenvalue weighted by atomic mass is 15.2. The molecule has 24 rings (SSSR count). The minimum absolute atomic E-state index is 0.291. The van der Waals surface area contributed by atoms with E-state index in [0.717, 1.165) is 123 Å². The molecule has 0 N–H and O–H groups in total. The van der Waals surface area contributed by atoms with E-state index in [-0.39, 0.29) is 17.5 Å². The molecule has 0 aliphatic carbocycles. The largest absolute Gasteiger partial charge is 0.310 e. The van der Waals surface area contributed by atoms with E-state index in [1.165, 1.54) is 120 Å². The van der Waals surface area contributed by atoms with Crippen LogP contribution in [-0.2, 0) is 16.2 Å². The number of nitrogens with zero attached hydrogens (tertiary/aromatic N) is 4. The SMILES string of the molecule is CC(C)(C)c1cc(-c2cccc(-c3ccccc3)c2)c(N2c3cc(-n4c5ccccc5c5ccccc54)ccc3B3c4ccc(-n5c6ccc7cccc8c9cccc%10ccc5c(c%109)c6c78)cc4N(c4c(-c5cccc(-c6ccccc6)c5)cc(C(C)(C)C)cc4-c4cccc(-c5ccccc5)c4)c4cc(C(C)(C)C)cc2c43)c(-c2cccc(-c3ccccc3)c2)c1. The second kappa shape index (κ2) is 28.8. The van der Waals surface area contributed by atoms with E-state index in [0.29, 0.717) is 0 Å². The van der Waals surface area contributed by atoms with Crippen molar-refractivity contribution >= 4 is 133 Å². The topological polar surface area (TPSA) is 16.3 Å². The van der Waals surface area contributed by atoms with E-state index in [1.807, 2.05) is 0 Å². The maximum atomic E-state index is 2.80. The van der Waals surface area contributed by atoms with Gasteiger partial charge in [0.25, 0.3) is 6.71 Å². The standard InChI is InChI=1S/C122H93BN4/c1-120(2,3)90-68-99(86-46-26-42-82(64-86)76-32-14-10-15-33-76)118(100(69-90)87-47-27-43-83(65-87)77-34-16-11-17-35-77)126-109-74-93(124-105-54-24-22-50-95(105)96-51-23-25-55-106(96)124)58-60-103(109)123-104-61-59-94(125-107-62-56-80-40-30-52-97-98-53-31-41-81-57-63-108(125)116(114(81)98)115(107)113(80)97)75-110(104)127(112-73-92(122(7,8)9)72-111(126)117(112)123)119-101(88-48-28-44-84(66-88)78-36-18-12-19-37-78)70-91(121(4,5)6)71-102(119)89-49-29-45-85(67-89)79-38-20-13-21-39-79/h10-75H,1-9H3. The fraction of sp³-hybridized carbons (Fsp3) is 0.0984. The average Bonchev–Trinajstić information content (AvgIpc) is 1.67. The van der Waals surface area contributed by atoms with Gasteiger partial charge in [-0.15, -0.1) is 0 Å². The van der Waals surface area contributed by atoms with Crippen molar-refractivity contribution in [2.75, 3.05) is 9.80 Å². The van der Waals surface area contributed by atoms with Gasteiger partial charge in [0.05, 0.1) is 33.4 Å². The Kier molecular flexibility index (Phi) is 17.1. The van der Waals surface area contributed by atoms with E-state index in [9.17, 15) is 0 Å². The second-order valence-electron chi connectivity index (χ2n) is 38.3. The molecule has 127 heavy (non-hydrogen) atoms. The van der Waals surface area contributed by atoms with Crippen molar-refractivity contribution in [1.29, 1.82) is 0 Å². The summed E-state index contributed by atoms with van der Waals surface area (Å²) in [6.07, 6.45) is 0. The molecular weight excluding hydrogens is 1530 g/mol. The number of fused-ring (bicyclic) bond motifs is 8. The molecule has 4 heterocycles. The summed E-state index contributed by atoms with van der Waals surface area (Å²) in [5, 5.41) is 12.7. The first-order chi connectivity index (χ1) is 61.9. The van der Waals surface area contributed by atoms with Crippen LogP contribution in [0.25, 0.3) is 176 Å². The minimum Gasteiger partial charge on any atom is -0.310 e. The molecule has 0 amide bonds. The number of benzene rings is 20. The molecule has 2 aliphatic rings. The first-order valence-electron chi connectivity index (χ1n) is 44.9. The van der Waals surface area contributed by atoms with E-state index in [1.54, 1.807) is 0 Å². The first-order valence-corrected chi connectivity index (χ1v) is 44.9. The fourth-order valence-corrected chi connectivity index (χ4v) is 21.3. The Hall–Kier alpha value is -15.0. The summed E-state index contributed by atoms with van der Waals surface area (Å²) < 4.78 is 5.14. The van der Waals surface area contributed by atoms with E-state index in [2.05, 4.69) is 482 Å². The lowest BCUT2D eigenvalue weighted by Gasteiger charge is -2.47. The highest BCUT2D eigenvalue weighted by Gasteiger charge is 2.47. The summed E-state index contributed by atoms with van der Waals surface area (Å²) >= 11 is 0. The Morgan fingerprint density at radius 2 is 0.496 bits per heavy atom. The van der Waals surface area contributed by atoms with E-state index >= 15 is 0 Å². The van der Waals surface area contributed by atoms with Crippen LogP contribution in [-0.4, -0.2) is 15.8 Å². The van der Waals surface area contributed by atoms with Crippen LogP contribution in [0.5, 0.6) is 0 Å². The van der Waals surface area contributed by atoms with Crippen molar-refractivity contribution in [2.45, 2.75) is 78.6 Å². The second-order valence-corrected chi connectivity index (χ2v) is 38.3. The van der Waals surface area contributed by atoms with Gasteiger partial charge in [-0.3, -0.25) is 0 Å². The van der Waals surface area contributed by atoms with Crippen LogP contribution in [0.2, 0.25) is 0 Å². The molecule has 2 aromatic heterocycles. The third kappa shape index (κ3) is 12.2. The number of anilines is 6. The summed E-state index contributed by atoms with van der Waals surface area (Å²) in [5.74, 6) is 0. The van der Waals surface area contributed by atoms with Crippen molar-refractivity contribution in [1.82, 2.24) is 9.13 Å². The van der Waals surface area contributed by atoms with Gasteiger partial charge in [0.15, 0.2) is 0 Å². The van der Waals surface area contributed by atoms with Crippen LogP contribution < -0.4 is 26.2 Å². The number of hydrogen-bond acceptors (Lipinski definition) is 2. The normalized spacial score (nSPS) is 12.9. The number of rotatable bonds is 12. The molecule has 0 saturated carbocycles. The lowest BCUT2D eigenvalue weighted by Crippen LogP contribution is -2.61. The summed E-state index contributed by atoms with van der Waals surface area (Å²) in [7, 11) is 0. The van der Waals surface area contributed by atoms with Crippen LogP contribution in [0, 0.1) is 0 Å². The zero-order chi connectivity index (χ0) is 85.5. The molecule has 0 saturated heterocycles. The molecule has 20 aromatic carbocycles. The maximum Gasteiger partial charge on any atom is 0.252 e. The summed E-state index contributed by atoms with van der Waals surface area (Å²) in [5.41, 5.74) is 38.2. The quantitative estimate of drug-likeness (QED) is 0.0689. The summed E-state index contributed by atoms with van der Waals surface area (Å²) in [6.45, 7) is 21.3. The molecule has 0 fully saturated rings. The zero-order valence-electron chi connectivity index (χ0n) is 73.0. The number of para-hydroxylation sites is 2. The Labute approximate surface area is 743 Å². The minimum atomic E-state index is -0.421. The van der Waals surface area contributed by atoms with Gasteiger partial charge in [-0.05, 0) is 258 Å². The summed E-state index contributed by atoms with van der Waals surface area (Å²) in [4.78, 5) is 5.58. The van der Waals surface area contributed by atoms with Crippen LogP contribution in [0.1, 0.15) is 79.0 Å². The lowest BCUT2D eigenvalue weighted by molar-refractivity contribution is 0.590. The van der Waals surface area contributed by atoms with Crippen LogP contribution in [0.15, 0.2) is 400 Å². The van der Waals surface area contributed by atoms with Crippen molar-refractivity contribution < 1.29 is 0 Å². The molecule has 2 aliphatic heterocycles. The predicted molar refractivity (Wildman–Crippen MR) is 544 cm³/mol. The van der Waals surface area contributed by atoms with Crippen molar-refractivity contribution in [3.63, 3.8) is 0 Å². The molecule has 0 bridgehead atoms. The molecule has 604 valence electrons. The van der Waals surface area contributed by atoms with Gasteiger partial charge in [-0.1, -0.05) is 353 Å². The maximum absolute atomic E-state index is 2.80. The average molecular weight is 1630 g/mol. The Morgan fingerprint density at radius 3 is 0.843 bits per heavy atom. The zero-order valence-corrected chi connectivity index (χ0v) is 73.0. The molecule has 0 unspecified atom stereocenters. The van der Waals surface area contributed by atoms with Crippen LogP contribution in [0.3, 0.4) is 0 Å². The number of aromatic nitrogens is 2. The van der Waals surface area contributed by atoms with E-state index in [4.69, 9.17) is 0 Å².